The zero-order chi connectivity index (χ0) is 20.6. The molecule has 0 radical (unpaired) electrons. The van der Waals surface area contributed by atoms with Crippen LogP contribution < -0.4 is 15.4 Å². The van der Waals surface area contributed by atoms with Gasteiger partial charge in [-0.1, -0.05) is 36.4 Å². The molecule has 0 saturated heterocycles. The second-order valence-electron chi connectivity index (χ2n) is 6.08. The molecule has 2 amide bonds. The molecule has 0 aliphatic carbocycles. The van der Waals surface area contributed by atoms with E-state index in [-0.39, 0.29) is 11.8 Å². The van der Waals surface area contributed by atoms with Gasteiger partial charge in [0.25, 0.3) is 5.91 Å². The summed E-state index contributed by atoms with van der Waals surface area (Å²) < 4.78 is 5.99. The number of benzene rings is 3. The SMILES string of the molecule is COc1ccc(C=CC(=O)Nc2ccccc2C(=O)Nc2ccccc2)cc1Br. The fraction of sp³-hybridized carbons (Fsp3) is 0.0435. The number of nitrogens with one attached hydrogen (secondary N) is 2. The van der Waals surface area contributed by atoms with Crippen molar-refractivity contribution >= 4 is 45.2 Å². The van der Waals surface area contributed by atoms with Crippen molar-refractivity contribution in [2.24, 2.45) is 0 Å². The molecule has 6 heteroatoms. The van der Waals surface area contributed by atoms with Crippen LogP contribution >= 0.6 is 15.9 Å². The largest absolute Gasteiger partial charge is 0.496 e. The standard InChI is InChI=1S/C23H19BrN2O3/c1-29-21-13-11-16(15-19(21)24)12-14-22(27)26-20-10-6-5-9-18(20)23(28)25-17-7-3-2-4-8-17/h2-15H,1H3,(H,25,28)(H,26,27). The monoisotopic (exact) mass is 450 g/mol. The third kappa shape index (κ3) is 5.56. The number of halogens is 1. The number of hydrogen-bond acceptors (Lipinski definition) is 3. The Kier molecular flexibility index (Phi) is 6.81. The summed E-state index contributed by atoms with van der Waals surface area (Å²) in [4.78, 5) is 25.0. The topological polar surface area (TPSA) is 67.4 Å². The van der Waals surface area contributed by atoms with Crippen molar-refractivity contribution in [2.45, 2.75) is 0 Å². The van der Waals surface area contributed by atoms with E-state index in [1.165, 1.54) is 6.08 Å². The first-order valence-electron chi connectivity index (χ1n) is 8.85. The van der Waals surface area contributed by atoms with Crippen molar-refractivity contribution in [3.63, 3.8) is 0 Å². The molecule has 0 unspecified atom stereocenters. The minimum atomic E-state index is -0.336. The first kappa shape index (κ1) is 20.4. The van der Waals surface area contributed by atoms with Crippen LogP contribution in [0.3, 0.4) is 0 Å². The average molecular weight is 451 g/mol. The van der Waals surface area contributed by atoms with Crippen molar-refractivity contribution in [3.8, 4) is 5.75 Å². The Morgan fingerprint density at radius 3 is 2.38 bits per heavy atom. The number of anilines is 2. The van der Waals surface area contributed by atoms with Crippen LogP contribution in [0.5, 0.6) is 5.75 Å². The lowest BCUT2D eigenvalue weighted by Gasteiger charge is -2.10. The molecule has 2 N–H and O–H groups in total. The van der Waals surface area contributed by atoms with E-state index < -0.39 is 0 Å². The smallest absolute Gasteiger partial charge is 0.257 e. The normalized spacial score (nSPS) is 10.6. The summed E-state index contributed by atoms with van der Waals surface area (Å²) in [6, 6.07) is 21.5. The van der Waals surface area contributed by atoms with Gasteiger partial charge in [-0.3, -0.25) is 9.59 Å². The minimum absolute atomic E-state index is 0.296. The Morgan fingerprint density at radius 1 is 0.931 bits per heavy atom. The Bertz CT molecular complexity index is 1050. The first-order chi connectivity index (χ1) is 14.1. The molecule has 146 valence electrons. The van der Waals surface area contributed by atoms with E-state index in [1.807, 2.05) is 36.4 Å². The van der Waals surface area contributed by atoms with E-state index in [4.69, 9.17) is 4.74 Å². The highest BCUT2D eigenvalue weighted by Crippen LogP contribution is 2.26. The summed E-state index contributed by atoms with van der Waals surface area (Å²) in [7, 11) is 1.59. The van der Waals surface area contributed by atoms with Gasteiger partial charge in [-0.2, -0.15) is 0 Å². The summed E-state index contributed by atoms with van der Waals surface area (Å²) >= 11 is 3.42. The maximum atomic E-state index is 12.6. The fourth-order valence-corrected chi connectivity index (χ4v) is 3.20. The zero-order valence-corrected chi connectivity index (χ0v) is 17.3. The van der Waals surface area contributed by atoms with Gasteiger partial charge in [-0.15, -0.1) is 0 Å². The number of carbonyl (C=O) groups excluding carboxylic acids is 2. The molecule has 0 heterocycles. The van der Waals surface area contributed by atoms with Crippen molar-refractivity contribution in [1.82, 2.24) is 0 Å². The molecule has 3 rings (SSSR count). The third-order valence-electron chi connectivity index (χ3n) is 4.06. The van der Waals surface area contributed by atoms with Crippen LogP contribution in [0.4, 0.5) is 11.4 Å². The van der Waals surface area contributed by atoms with Crippen LogP contribution in [0.25, 0.3) is 6.08 Å². The molecule has 0 bridgehead atoms. The molecule has 0 atom stereocenters. The van der Waals surface area contributed by atoms with Gasteiger partial charge in [0, 0.05) is 11.8 Å². The summed E-state index contributed by atoms with van der Waals surface area (Å²) in [5.41, 5.74) is 2.34. The number of ether oxygens (including phenoxy) is 1. The van der Waals surface area contributed by atoms with Gasteiger partial charge >= 0.3 is 0 Å². The third-order valence-corrected chi connectivity index (χ3v) is 4.68. The van der Waals surface area contributed by atoms with Crippen LogP contribution in [-0.2, 0) is 4.79 Å². The molecule has 0 saturated carbocycles. The van der Waals surface area contributed by atoms with Crippen LogP contribution in [0.1, 0.15) is 15.9 Å². The van der Waals surface area contributed by atoms with Gasteiger partial charge in [0.1, 0.15) is 5.75 Å². The highest BCUT2D eigenvalue weighted by Gasteiger charge is 2.12. The lowest BCUT2D eigenvalue weighted by molar-refractivity contribution is -0.111. The van der Waals surface area contributed by atoms with Gasteiger partial charge in [-0.25, -0.2) is 0 Å². The highest BCUT2D eigenvalue weighted by molar-refractivity contribution is 9.10. The Balaban J connectivity index is 1.71. The highest BCUT2D eigenvalue weighted by atomic mass is 79.9. The lowest BCUT2D eigenvalue weighted by Crippen LogP contribution is -2.16. The maximum Gasteiger partial charge on any atom is 0.257 e. The number of carbonyl (C=O) groups is 2. The Morgan fingerprint density at radius 2 is 1.66 bits per heavy atom. The van der Waals surface area contributed by atoms with Crippen molar-refractivity contribution < 1.29 is 14.3 Å². The number of rotatable bonds is 6. The summed E-state index contributed by atoms with van der Waals surface area (Å²) in [5.74, 6) is 0.0806. The molecule has 3 aromatic carbocycles. The van der Waals surface area contributed by atoms with E-state index in [2.05, 4.69) is 26.6 Å². The zero-order valence-electron chi connectivity index (χ0n) is 15.7. The second kappa shape index (κ2) is 9.71. The molecular weight excluding hydrogens is 432 g/mol. The molecular formula is C23H19BrN2O3. The van der Waals surface area contributed by atoms with Crippen LogP contribution in [0.15, 0.2) is 83.3 Å². The van der Waals surface area contributed by atoms with Gasteiger partial charge in [-0.05, 0) is 64.0 Å². The number of amides is 2. The van der Waals surface area contributed by atoms with Crippen LogP contribution in [0.2, 0.25) is 0 Å². The van der Waals surface area contributed by atoms with Gasteiger partial charge in [0.15, 0.2) is 0 Å². The number of para-hydroxylation sites is 2. The molecule has 3 aromatic rings. The van der Waals surface area contributed by atoms with E-state index >= 15 is 0 Å². The van der Waals surface area contributed by atoms with Crippen molar-refractivity contribution in [3.05, 3.63) is 94.5 Å². The molecule has 5 nitrogen and oxygen atoms in total. The Hall–Kier alpha value is -3.38. The van der Waals surface area contributed by atoms with E-state index in [0.29, 0.717) is 22.7 Å². The average Bonchev–Trinajstić information content (AvgIpc) is 2.73. The van der Waals surface area contributed by atoms with Crippen LogP contribution in [0, 0.1) is 0 Å². The van der Waals surface area contributed by atoms with E-state index in [9.17, 15) is 9.59 Å². The van der Waals surface area contributed by atoms with Crippen molar-refractivity contribution in [1.29, 1.82) is 0 Å². The predicted molar refractivity (Wildman–Crippen MR) is 119 cm³/mol. The van der Waals surface area contributed by atoms with Gasteiger partial charge in [0.2, 0.25) is 5.91 Å². The molecule has 0 aromatic heterocycles. The lowest BCUT2D eigenvalue weighted by atomic mass is 10.1. The molecule has 0 aliphatic heterocycles. The molecule has 0 spiro atoms. The molecule has 29 heavy (non-hydrogen) atoms. The van der Waals surface area contributed by atoms with Crippen molar-refractivity contribution in [2.75, 3.05) is 17.7 Å². The summed E-state index contributed by atoms with van der Waals surface area (Å²) in [6.07, 6.45) is 3.10. The quantitative estimate of drug-likeness (QED) is 0.496. The minimum Gasteiger partial charge on any atom is -0.496 e. The van der Waals surface area contributed by atoms with E-state index in [1.54, 1.807) is 49.6 Å². The summed E-state index contributed by atoms with van der Waals surface area (Å²) in [5, 5.41) is 5.58. The Labute approximate surface area is 177 Å². The van der Waals surface area contributed by atoms with Crippen LogP contribution in [-0.4, -0.2) is 18.9 Å². The predicted octanol–water partition coefficient (Wildman–Crippen LogP) is 5.36. The molecule has 0 fully saturated rings. The van der Waals surface area contributed by atoms with Gasteiger partial charge in [0.05, 0.1) is 22.8 Å². The fourth-order valence-electron chi connectivity index (χ4n) is 2.64. The summed E-state index contributed by atoms with van der Waals surface area (Å²) in [6.45, 7) is 0. The number of hydrogen-bond donors (Lipinski definition) is 2. The van der Waals surface area contributed by atoms with Gasteiger partial charge < -0.3 is 15.4 Å². The number of methoxy groups -OCH3 is 1. The second-order valence-corrected chi connectivity index (χ2v) is 6.94. The maximum absolute atomic E-state index is 12.6. The first-order valence-corrected chi connectivity index (χ1v) is 9.64. The molecule has 0 aliphatic rings. The van der Waals surface area contributed by atoms with E-state index in [0.717, 1.165) is 10.0 Å².